The third-order valence-electron chi connectivity index (χ3n) is 6.42. The molecule has 2 heterocycles. The third-order valence-corrected chi connectivity index (χ3v) is 8.37. The molecule has 9 heteroatoms. The summed E-state index contributed by atoms with van der Waals surface area (Å²) in [6, 6.07) is 13.1. The molecule has 0 saturated carbocycles. The number of nitrogens with one attached hydrogen (secondary N) is 2. The van der Waals surface area contributed by atoms with Gasteiger partial charge >= 0.3 is 0 Å². The van der Waals surface area contributed by atoms with Crippen LogP contribution in [-0.2, 0) is 16.6 Å². The van der Waals surface area contributed by atoms with Gasteiger partial charge in [-0.25, -0.2) is 8.42 Å². The van der Waals surface area contributed by atoms with Crippen LogP contribution >= 0.6 is 0 Å². The molecule has 2 aromatic carbocycles. The number of aromatic amines is 1. The molecule has 1 amide bonds. The molecule has 1 fully saturated rings. The maximum absolute atomic E-state index is 13.5. The largest absolute Gasteiger partial charge is 0.494 e. The van der Waals surface area contributed by atoms with Crippen LogP contribution in [-0.4, -0.2) is 42.8 Å². The average molecular weight is 498 g/mol. The summed E-state index contributed by atoms with van der Waals surface area (Å²) in [7, 11) is -3.74. The minimum atomic E-state index is -3.74. The van der Waals surface area contributed by atoms with Crippen molar-refractivity contribution in [1.29, 1.82) is 0 Å². The zero-order valence-electron chi connectivity index (χ0n) is 20.0. The Morgan fingerprint density at radius 3 is 2.71 bits per heavy atom. The van der Waals surface area contributed by atoms with E-state index in [4.69, 9.17) is 4.74 Å². The fourth-order valence-electron chi connectivity index (χ4n) is 4.63. The number of carbonyl (C=O) groups excluding carboxylic acids is 1. The number of carbonyl (C=O) groups is 1. The van der Waals surface area contributed by atoms with Gasteiger partial charge in [0, 0.05) is 41.7 Å². The molecule has 0 spiro atoms. The van der Waals surface area contributed by atoms with E-state index in [1.165, 1.54) is 18.2 Å². The number of aromatic nitrogens is 1. The number of benzene rings is 2. The molecule has 0 unspecified atom stereocenters. The number of piperidine rings is 1. The van der Waals surface area contributed by atoms with Gasteiger partial charge in [0.15, 0.2) is 0 Å². The van der Waals surface area contributed by atoms with Crippen LogP contribution in [0.3, 0.4) is 0 Å². The van der Waals surface area contributed by atoms with E-state index in [9.17, 15) is 18.0 Å². The Balaban J connectivity index is 1.68. The van der Waals surface area contributed by atoms with E-state index in [0.717, 1.165) is 31.2 Å². The molecule has 0 radical (unpaired) electrons. The first kappa shape index (κ1) is 24.9. The van der Waals surface area contributed by atoms with E-state index >= 15 is 0 Å². The van der Waals surface area contributed by atoms with Crippen LogP contribution in [0, 0.1) is 0 Å². The second kappa shape index (κ2) is 10.6. The van der Waals surface area contributed by atoms with Crippen LogP contribution < -0.4 is 15.6 Å². The summed E-state index contributed by atoms with van der Waals surface area (Å²) in [5, 5.41) is 3.22. The summed E-state index contributed by atoms with van der Waals surface area (Å²) in [6.07, 6.45) is 3.43. The van der Waals surface area contributed by atoms with Gasteiger partial charge in [-0.2, -0.15) is 4.31 Å². The highest BCUT2D eigenvalue weighted by molar-refractivity contribution is 7.89. The van der Waals surface area contributed by atoms with Crippen LogP contribution in [0.15, 0.2) is 58.2 Å². The number of pyridine rings is 1. The van der Waals surface area contributed by atoms with Gasteiger partial charge in [0.1, 0.15) is 5.75 Å². The molecule has 1 aliphatic heterocycles. The van der Waals surface area contributed by atoms with E-state index in [0.29, 0.717) is 29.8 Å². The Morgan fingerprint density at radius 2 is 1.94 bits per heavy atom. The van der Waals surface area contributed by atoms with Crippen LogP contribution in [0.4, 0.5) is 0 Å². The van der Waals surface area contributed by atoms with E-state index in [1.54, 1.807) is 10.4 Å². The van der Waals surface area contributed by atoms with Gasteiger partial charge in [-0.15, -0.1) is 0 Å². The lowest BCUT2D eigenvalue weighted by Crippen LogP contribution is -2.43. The molecule has 1 aromatic heterocycles. The number of hydrogen-bond acceptors (Lipinski definition) is 5. The quantitative estimate of drug-likeness (QED) is 0.492. The number of hydrogen-bond donors (Lipinski definition) is 2. The summed E-state index contributed by atoms with van der Waals surface area (Å²) in [5.41, 5.74) is 0.897. The normalized spacial score (nSPS) is 16.8. The number of sulfonamides is 1. The molecule has 3 aromatic rings. The standard InChI is InChI=1S/C26H31N3O5S/c1-3-19-10-7-8-14-29(19)35(32,33)20-12-13-23-21(15-20)22(16-25(30)28-23)26(31)27-17-18-9-5-6-11-24(18)34-4-2/h5-6,9,11-13,15-16,19H,3-4,7-8,10,14,17H2,1-2H3,(H,27,31)(H,28,30)/t19-/m1/s1. The zero-order valence-corrected chi connectivity index (χ0v) is 20.9. The zero-order chi connectivity index (χ0) is 25.0. The van der Waals surface area contributed by atoms with Crippen molar-refractivity contribution >= 4 is 26.8 Å². The first-order valence-corrected chi connectivity index (χ1v) is 13.5. The fourth-order valence-corrected chi connectivity index (χ4v) is 6.43. The molecule has 1 aliphatic rings. The Labute approximate surface area is 205 Å². The fraction of sp³-hybridized carbons (Fsp3) is 0.385. The van der Waals surface area contributed by atoms with Crippen molar-refractivity contribution in [3.8, 4) is 5.75 Å². The van der Waals surface area contributed by atoms with Gasteiger partial charge in [0.05, 0.1) is 17.1 Å². The van der Waals surface area contributed by atoms with E-state index in [2.05, 4.69) is 10.3 Å². The van der Waals surface area contributed by atoms with Gasteiger partial charge in [-0.3, -0.25) is 9.59 Å². The lowest BCUT2D eigenvalue weighted by atomic mass is 10.0. The molecule has 0 bridgehead atoms. The van der Waals surface area contributed by atoms with Gasteiger partial charge in [-0.05, 0) is 50.5 Å². The van der Waals surface area contributed by atoms with Gasteiger partial charge < -0.3 is 15.0 Å². The molecular formula is C26H31N3O5S. The number of amides is 1. The Morgan fingerprint density at radius 1 is 1.14 bits per heavy atom. The highest BCUT2D eigenvalue weighted by atomic mass is 32.2. The molecule has 8 nitrogen and oxygen atoms in total. The predicted molar refractivity (Wildman–Crippen MR) is 135 cm³/mol. The molecular weight excluding hydrogens is 466 g/mol. The second-order valence-corrected chi connectivity index (χ2v) is 10.5. The molecule has 35 heavy (non-hydrogen) atoms. The number of para-hydroxylation sites is 1. The van der Waals surface area contributed by atoms with E-state index < -0.39 is 21.5 Å². The third kappa shape index (κ3) is 5.26. The first-order valence-electron chi connectivity index (χ1n) is 12.0. The van der Waals surface area contributed by atoms with Gasteiger partial charge in [0.2, 0.25) is 15.6 Å². The topological polar surface area (TPSA) is 109 Å². The summed E-state index contributed by atoms with van der Waals surface area (Å²) < 4.78 is 34.2. The SMILES string of the molecule is CCOc1ccccc1CNC(=O)c1cc(=O)[nH]c2ccc(S(=O)(=O)N3CCCC[C@H]3CC)cc12. The van der Waals surface area contributed by atoms with Crippen molar-refractivity contribution in [1.82, 2.24) is 14.6 Å². The van der Waals surface area contributed by atoms with Gasteiger partial charge in [-0.1, -0.05) is 31.5 Å². The summed E-state index contributed by atoms with van der Waals surface area (Å²) in [4.78, 5) is 28.2. The Hall–Kier alpha value is -3.17. The average Bonchev–Trinajstić information content (AvgIpc) is 2.87. The molecule has 4 rings (SSSR count). The first-order chi connectivity index (χ1) is 16.8. The Bertz CT molecular complexity index is 1380. The monoisotopic (exact) mass is 497 g/mol. The smallest absolute Gasteiger partial charge is 0.252 e. The number of rotatable bonds is 8. The minimum Gasteiger partial charge on any atom is -0.494 e. The molecule has 2 N–H and O–H groups in total. The maximum atomic E-state index is 13.5. The molecule has 0 aliphatic carbocycles. The van der Waals surface area contributed by atoms with Crippen molar-refractivity contribution in [2.24, 2.45) is 0 Å². The maximum Gasteiger partial charge on any atom is 0.252 e. The number of nitrogens with zero attached hydrogens (tertiary/aromatic N) is 1. The predicted octanol–water partition coefficient (Wildman–Crippen LogP) is 3.81. The number of ether oxygens (including phenoxy) is 1. The summed E-state index contributed by atoms with van der Waals surface area (Å²) >= 11 is 0. The molecule has 1 saturated heterocycles. The molecule has 1 atom stereocenters. The van der Waals surface area contributed by atoms with Crippen molar-refractivity contribution in [3.05, 3.63) is 70.0 Å². The van der Waals surface area contributed by atoms with Crippen molar-refractivity contribution in [2.45, 2.75) is 57.0 Å². The van der Waals surface area contributed by atoms with Crippen LogP contribution in [0.2, 0.25) is 0 Å². The highest BCUT2D eigenvalue weighted by Crippen LogP contribution is 2.29. The summed E-state index contributed by atoms with van der Waals surface area (Å²) in [6.45, 7) is 5.06. The van der Waals surface area contributed by atoms with Crippen molar-refractivity contribution in [2.75, 3.05) is 13.2 Å². The van der Waals surface area contributed by atoms with Crippen molar-refractivity contribution in [3.63, 3.8) is 0 Å². The van der Waals surface area contributed by atoms with E-state index in [1.807, 2.05) is 38.1 Å². The lowest BCUT2D eigenvalue weighted by Gasteiger charge is -2.34. The lowest BCUT2D eigenvalue weighted by molar-refractivity contribution is 0.0952. The van der Waals surface area contributed by atoms with E-state index in [-0.39, 0.29) is 23.0 Å². The molecule has 186 valence electrons. The minimum absolute atomic E-state index is 0.0341. The highest BCUT2D eigenvalue weighted by Gasteiger charge is 2.32. The number of fused-ring (bicyclic) bond motifs is 1. The number of H-pyrrole nitrogens is 1. The van der Waals surface area contributed by atoms with Crippen molar-refractivity contribution < 1.29 is 17.9 Å². The second-order valence-electron chi connectivity index (χ2n) is 8.65. The van der Waals surface area contributed by atoms with Crippen LogP contribution in [0.25, 0.3) is 10.9 Å². The van der Waals surface area contributed by atoms with Gasteiger partial charge in [0.25, 0.3) is 5.91 Å². The van der Waals surface area contributed by atoms with Crippen LogP contribution in [0.5, 0.6) is 5.75 Å². The van der Waals surface area contributed by atoms with Crippen LogP contribution in [0.1, 0.15) is 55.5 Å². The Kier molecular flexibility index (Phi) is 7.57. The summed E-state index contributed by atoms with van der Waals surface area (Å²) in [5.74, 6) is 0.206.